The fourth-order valence-electron chi connectivity index (χ4n) is 1.83. The summed E-state index contributed by atoms with van der Waals surface area (Å²) in [6.07, 6.45) is 1.14. The SMILES string of the molecule is CN(CC(O)C1CC1)S(=O)(=O)c1cc(F)ccc1Cl. The van der Waals surface area contributed by atoms with Crippen LogP contribution in [0.2, 0.25) is 5.02 Å². The number of nitrogens with zero attached hydrogens (tertiary/aromatic N) is 1. The summed E-state index contributed by atoms with van der Waals surface area (Å²) in [4.78, 5) is -0.278. The van der Waals surface area contributed by atoms with E-state index >= 15 is 0 Å². The van der Waals surface area contributed by atoms with Crippen molar-refractivity contribution in [2.24, 2.45) is 5.92 Å². The molecule has 19 heavy (non-hydrogen) atoms. The zero-order chi connectivity index (χ0) is 14.2. The second-order valence-electron chi connectivity index (χ2n) is 4.77. The van der Waals surface area contributed by atoms with Crippen LogP contribution in [0.15, 0.2) is 23.1 Å². The van der Waals surface area contributed by atoms with Gasteiger partial charge in [0.2, 0.25) is 10.0 Å². The second-order valence-corrected chi connectivity index (χ2v) is 7.19. The van der Waals surface area contributed by atoms with Crippen LogP contribution in [0.5, 0.6) is 0 Å². The van der Waals surface area contributed by atoms with Crippen LogP contribution in [0.25, 0.3) is 0 Å². The van der Waals surface area contributed by atoms with Gasteiger partial charge in [-0.2, -0.15) is 4.31 Å². The number of hydrogen-bond acceptors (Lipinski definition) is 3. The Morgan fingerprint density at radius 2 is 2.16 bits per heavy atom. The van der Waals surface area contributed by atoms with Crippen molar-refractivity contribution in [1.82, 2.24) is 4.31 Å². The zero-order valence-electron chi connectivity index (χ0n) is 10.4. The van der Waals surface area contributed by atoms with Crippen LogP contribution in [0.1, 0.15) is 12.8 Å². The molecule has 0 aromatic heterocycles. The highest BCUT2D eigenvalue weighted by Gasteiger charge is 2.33. The fourth-order valence-corrected chi connectivity index (χ4v) is 3.51. The standard InChI is InChI=1S/C12H15ClFNO3S/c1-15(7-11(16)8-2-3-8)19(17,18)12-6-9(14)4-5-10(12)13/h4-6,8,11,16H,2-3,7H2,1H3. The summed E-state index contributed by atoms with van der Waals surface area (Å²) >= 11 is 5.80. The summed E-state index contributed by atoms with van der Waals surface area (Å²) in [5, 5.41) is 9.75. The molecule has 0 bridgehead atoms. The van der Waals surface area contributed by atoms with Gasteiger partial charge in [0.1, 0.15) is 10.7 Å². The third kappa shape index (κ3) is 3.25. The first-order valence-electron chi connectivity index (χ1n) is 5.92. The molecule has 2 rings (SSSR count). The Bertz CT molecular complexity index is 574. The molecule has 106 valence electrons. The number of aliphatic hydroxyl groups is 1. The monoisotopic (exact) mass is 307 g/mol. The van der Waals surface area contributed by atoms with E-state index in [1.165, 1.54) is 13.1 Å². The molecule has 0 radical (unpaired) electrons. The van der Waals surface area contributed by atoms with Crippen molar-refractivity contribution in [3.05, 3.63) is 29.0 Å². The van der Waals surface area contributed by atoms with E-state index in [2.05, 4.69) is 0 Å². The zero-order valence-corrected chi connectivity index (χ0v) is 12.0. The molecule has 0 aliphatic heterocycles. The Morgan fingerprint density at radius 3 is 2.74 bits per heavy atom. The maximum absolute atomic E-state index is 13.2. The number of rotatable bonds is 5. The number of likely N-dealkylation sites (N-methyl/N-ethyl adjacent to an activating group) is 1. The molecule has 0 saturated heterocycles. The van der Waals surface area contributed by atoms with Crippen LogP contribution in [0.4, 0.5) is 4.39 Å². The van der Waals surface area contributed by atoms with Crippen molar-refractivity contribution in [2.75, 3.05) is 13.6 Å². The van der Waals surface area contributed by atoms with Crippen molar-refractivity contribution in [3.8, 4) is 0 Å². The molecule has 4 nitrogen and oxygen atoms in total. The molecular formula is C12H15ClFNO3S. The molecule has 0 spiro atoms. The van der Waals surface area contributed by atoms with Crippen LogP contribution in [-0.2, 0) is 10.0 Å². The third-order valence-electron chi connectivity index (χ3n) is 3.19. The third-order valence-corrected chi connectivity index (χ3v) is 5.50. The van der Waals surface area contributed by atoms with E-state index in [1.807, 2.05) is 0 Å². The maximum Gasteiger partial charge on any atom is 0.244 e. The van der Waals surface area contributed by atoms with E-state index in [0.717, 1.165) is 29.3 Å². The molecule has 7 heteroatoms. The Morgan fingerprint density at radius 1 is 1.53 bits per heavy atom. The lowest BCUT2D eigenvalue weighted by Gasteiger charge is -2.21. The molecule has 1 aromatic carbocycles. The van der Waals surface area contributed by atoms with Gasteiger partial charge in [0.15, 0.2) is 0 Å². The number of halogens is 2. The van der Waals surface area contributed by atoms with Crippen LogP contribution in [-0.4, -0.2) is 37.5 Å². The van der Waals surface area contributed by atoms with Crippen LogP contribution < -0.4 is 0 Å². The van der Waals surface area contributed by atoms with Gasteiger partial charge >= 0.3 is 0 Å². The molecular weight excluding hydrogens is 293 g/mol. The van der Waals surface area contributed by atoms with Gasteiger partial charge in [-0.25, -0.2) is 12.8 Å². The quantitative estimate of drug-likeness (QED) is 0.903. The Hall–Kier alpha value is -0.690. The minimum atomic E-state index is -3.89. The fraction of sp³-hybridized carbons (Fsp3) is 0.500. The lowest BCUT2D eigenvalue weighted by Crippen LogP contribution is -2.35. The van der Waals surface area contributed by atoms with E-state index in [9.17, 15) is 17.9 Å². The lowest BCUT2D eigenvalue weighted by atomic mass is 10.2. The average molecular weight is 308 g/mol. The highest BCUT2D eigenvalue weighted by molar-refractivity contribution is 7.89. The van der Waals surface area contributed by atoms with Gasteiger partial charge < -0.3 is 5.11 Å². The van der Waals surface area contributed by atoms with Gasteiger partial charge in [-0.05, 0) is 37.0 Å². The van der Waals surface area contributed by atoms with Crippen molar-refractivity contribution in [3.63, 3.8) is 0 Å². The van der Waals surface area contributed by atoms with Crippen LogP contribution in [0, 0.1) is 11.7 Å². The summed E-state index contributed by atoms with van der Waals surface area (Å²) < 4.78 is 38.7. The Balaban J connectivity index is 2.22. The van der Waals surface area contributed by atoms with Crippen molar-refractivity contribution in [2.45, 2.75) is 23.8 Å². The number of hydrogen-bond donors (Lipinski definition) is 1. The van der Waals surface area contributed by atoms with Gasteiger partial charge in [0.25, 0.3) is 0 Å². The van der Waals surface area contributed by atoms with E-state index < -0.39 is 21.9 Å². The molecule has 1 aromatic rings. The topological polar surface area (TPSA) is 57.6 Å². The van der Waals surface area contributed by atoms with Crippen LogP contribution >= 0.6 is 11.6 Å². The van der Waals surface area contributed by atoms with Gasteiger partial charge in [0.05, 0.1) is 11.1 Å². The Labute approximate surface area is 116 Å². The molecule has 1 unspecified atom stereocenters. The van der Waals surface area contributed by atoms with E-state index in [4.69, 9.17) is 11.6 Å². The highest BCUT2D eigenvalue weighted by Crippen LogP contribution is 2.33. The molecule has 1 atom stereocenters. The van der Waals surface area contributed by atoms with Gasteiger partial charge in [-0.1, -0.05) is 11.6 Å². The molecule has 0 amide bonds. The molecule has 1 saturated carbocycles. The maximum atomic E-state index is 13.2. The average Bonchev–Trinajstić information content (AvgIpc) is 3.15. The molecule has 0 heterocycles. The van der Waals surface area contributed by atoms with Gasteiger partial charge in [0, 0.05) is 13.6 Å². The minimum absolute atomic E-state index is 0.0140. The van der Waals surface area contributed by atoms with E-state index in [0.29, 0.717) is 0 Å². The number of aliphatic hydroxyl groups excluding tert-OH is 1. The molecule has 1 aliphatic rings. The van der Waals surface area contributed by atoms with Gasteiger partial charge in [-0.15, -0.1) is 0 Å². The van der Waals surface area contributed by atoms with E-state index in [1.54, 1.807) is 0 Å². The normalized spacial score (nSPS) is 17.7. The molecule has 1 fully saturated rings. The highest BCUT2D eigenvalue weighted by atomic mass is 35.5. The first kappa shape index (κ1) is 14.7. The predicted molar refractivity (Wildman–Crippen MR) is 70.0 cm³/mol. The summed E-state index contributed by atoms with van der Waals surface area (Å²) in [5.41, 5.74) is 0. The second kappa shape index (κ2) is 5.36. The summed E-state index contributed by atoms with van der Waals surface area (Å²) in [7, 11) is -2.54. The van der Waals surface area contributed by atoms with Gasteiger partial charge in [-0.3, -0.25) is 0 Å². The number of sulfonamides is 1. The van der Waals surface area contributed by atoms with E-state index in [-0.39, 0.29) is 22.4 Å². The van der Waals surface area contributed by atoms with Crippen molar-refractivity contribution >= 4 is 21.6 Å². The minimum Gasteiger partial charge on any atom is -0.391 e. The molecule has 1 N–H and O–H groups in total. The van der Waals surface area contributed by atoms with Crippen molar-refractivity contribution < 1.29 is 17.9 Å². The number of benzene rings is 1. The summed E-state index contributed by atoms with van der Waals surface area (Å²) in [5.74, 6) is -0.500. The molecule has 1 aliphatic carbocycles. The largest absolute Gasteiger partial charge is 0.391 e. The predicted octanol–water partition coefficient (Wildman–Crippen LogP) is 1.87. The van der Waals surface area contributed by atoms with Crippen molar-refractivity contribution in [1.29, 1.82) is 0 Å². The summed E-state index contributed by atoms with van der Waals surface area (Å²) in [6, 6.07) is 3.19. The smallest absolute Gasteiger partial charge is 0.244 e. The van der Waals surface area contributed by atoms with Crippen LogP contribution in [0.3, 0.4) is 0 Å². The lowest BCUT2D eigenvalue weighted by molar-refractivity contribution is 0.131. The summed E-state index contributed by atoms with van der Waals surface area (Å²) in [6.45, 7) is -0.0140. The Kier molecular flexibility index (Phi) is 4.15. The first-order chi connectivity index (χ1) is 8.82. The first-order valence-corrected chi connectivity index (χ1v) is 7.73.